The largest absolute Gasteiger partial charge is 0.460 e. The topological polar surface area (TPSA) is 60.4 Å². The highest BCUT2D eigenvalue weighted by molar-refractivity contribution is 6.37. The molecule has 0 saturated heterocycles. The van der Waals surface area contributed by atoms with E-state index in [1.54, 1.807) is 19.1 Å². The maximum Gasteiger partial charge on any atom is 0.375 e. The fraction of sp³-hybridized carbons (Fsp3) is 0.400. The van der Waals surface area contributed by atoms with Gasteiger partial charge in [0.05, 0.1) is 13.0 Å². The van der Waals surface area contributed by atoms with E-state index >= 15 is 0 Å². The Bertz CT molecular complexity index is 496. The number of ketones is 2. The van der Waals surface area contributed by atoms with Crippen molar-refractivity contribution in [3.63, 3.8) is 0 Å². The Kier molecular flexibility index (Phi) is 6.56. The minimum atomic E-state index is -0.967. The van der Waals surface area contributed by atoms with Crippen LogP contribution in [0.1, 0.15) is 31.7 Å². The lowest BCUT2D eigenvalue weighted by molar-refractivity contribution is -0.154. The first-order valence-corrected chi connectivity index (χ1v) is 6.49. The zero-order valence-electron chi connectivity index (χ0n) is 11.4. The summed E-state index contributed by atoms with van der Waals surface area (Å²) in [6.45, 7) is 1.70. The van der Waals surface area contributed by atoms with Gasteiger partial charge in [0.25, 0.3) is 0 Å². The van der Waals surface area contributed by atoms with Crippen molar-refractivity contribution in [1.29, 1.82) is 0 Å². The second kappa shape index (κ2) is 8.19. The summed E-state index contributed by atoms with van der Waals surface area (Å²) in [6.07, 6.45) is 0.819. The number of carbonyl (C=O) groups excluding carboxylic acids is 3. The third-order valence-electron chi connectivity index (χ3n) is 2.67. The molecule has 0 atom stereocenters. The molecule has 0 N–H and O–H groups in total. The summed E-state index contributed by atoms with van der Waals surface area (Å²) in [5, 5.41) is 0. The SMILES string of the molecule is CCOC(=O)C(=O)CC(=O)CCCc1cccc(F)c1. The Morgan fingerprint density at radius 2 is 2.00 bits per heavy atom. The average molecular weight is 280 g/mol. The van der Waals surface area contributed by atoms with Crippen LogP contribution < -0.4 is 0 Å². The maximum atomic E-state index is 12.9. The Morgan fingerprint density at radius 3 is 2.65 bits per heavy atom. The molecular weight excluding hydrogens is 263 g/mol. The first-order chi connectivity index (χ1) is 9.52. The van der Waals surface area contributed by atoms with Gasteiger partial charge in [-0.15, -0.1) is 0 Å². The van der Waals surface area contributed by atoms with Crippen LogP contribution in [0.2, 0.25) is 0 Å². The zero-order chi connectivity index (χ0) is 15.0. The Labute approximate surface area is 116 Å². The van der Waals surface area contributed by atoms with Gasteiger partial charge in [-0.25, -0.2) is 9.18 Å². The number of ether oxygens (including phenoxy) is 1. The molecule has 0 bridgehead atoms. The Hall–Kier alpha value is -2.04. The van der Waals surface area contributed by atoms with Crippen molar-refractivity contribution in [3.05, 3.63) is 35.6 Å². The number of halogens is 1. The van der Waals surface area contributed by atoms with Crippen LogP contribution in [0.5, 0.6) is 0 Å². The van der Waals surface area contributed by atoms with Crippen molar-refractivity contribution in [2.45, 2.75) is 32.6 Å². The van der Waals surface area contributed by atoms with Crippen LogP contribution in [0.25, 0.3) is 0 Å². The number of hydrogen-bond donors (Lipinski definition) is 0. The molecule has 0 amide bonds. The lowest BCUT2D eigenvalue weighted by atomic mass is 10.0. The number of rotatable bonds is 8. The van der Waals surface area contributed by atoms with Gasteiger partial charge >= 0.3 is 5.97 Å². The molecule has 0 radical (unpaired) electrons. The molecule has 0 aliphatic heterocycles. The molecule has 4 nitrogen and oxygen atoms in total. The van der Waals surface area contributed by atoms with E-state index in [0.29, 0.717) is 12.8 Å². The van der Waals surface area contributed by atoms with Gasteiger partial charge in [0.2, 0.25) is 5.78 Å². The van der Waals surface area contributed by atoms with Crippen LogP contribution in [0.4, 0.5) is 4.39 Å². The molecule has 0 heterocycles. The quantitative estimate of drug-likeness (QED) is 0.416. The highest BCUT2D eigenvalue weighted by Crippen LogP contribution is 2.08. The van der Waals surface area contributed by atoms with Crippen LogP contribution in [0, 0.1) is 5.82 Å². The van der Waals surface area contributed by atoms with E-state index in [-0.39, 0.29) is 24.6 Å². The fourth-order valence-electron chi connectivity index (χ4n) is 1.73. The van der Waals surface area contributed by atoms with Gasteiger partial charge in [0.1, 0.15) is 11.6 Å². The van der Waals surface area contributed by atoms with Crippen molar-refractivity contribution in [2.24, 2.45) is 0 Å². The number of carbonyl (C=O) groups is 3. The van der Waals surface area contributed by atoms with Crippen molar-refractivity contribution in [3.8, 4) is 0 Å². The summed E-state index contributed by atoms with van der Waals surface area (Å²) in [5.41, 5.74) is 0.800. The average Bonchev–Trinajstić information content (AvgIpc) is 2.39. The fourth-order valence-corrected chi connectivity index (χ4v) is 1.73. The third kappa shape index (κ3) is 5.73. The smallest absolute Gasteiger partial charge is 0.375 e. The molecule has 0 spiro atoms. The van der Waals surface area contributed by atoms with E-state index in [1.165, 1.54) is 12.1 Å². The second-order valence-corrected chi connectivity index (χ2v) is 4.34. The number of aryl methyl sites for hydroxylation is 1. The molecule has 0 unspecified atom stereocenters. The second-order valence-electron chi connectivity index (χ2n) is 4.34. The molecule has 0 aliphatic carbocycles. The van der Waals surface area contributed by atoms with E-state index in [9.17, 15) is 18.8 Å². The predicted molar refractivity (Wildman–Crippen MR) is 70.6 cm³/mol. The number of esters is 1. The van der Waals surface area contributed by atoms with Crippen molar-refractivity contribution < 1.29 is 23.5 Å². The lowest BCUT2D eigenvalue weighted by Crippen LogP contribution is -2.20. The van der Waals surface area contributed by atoms with Crippen LogP contribution >= 0.6 is 0 Å². The molecule has 108 valence electrons. The van der Waals surface area contributed by atoms with Gasteiger partial charge in [-0.05, 0) is 37.5 Å². The zero-order valence-corrected chi connectivity index (χ0v) is 11.4. The molecule has 1 rings (SSSR count). The van der Waals surface area contributed by atoms with Gasteiger partial charge in [0.15, 0.2) is 0 Å². The molecule has 0 aliphatic rings. The van der Waals surface area contributed by atoms with Crippen LogP contribution in [0.15, 0.2) is 24.3 Å². The Morgan fingerprint density at radius 1 is 1.25 bits per heavy atom. The summed E-state index contributed by atoms with van der Waals surface area (Å²) in [4.78, 5) is 33.8. The first kappa shape index (κ1) is 16.0. The predicted octanol–water partition coefficient (Wildman–Crippen LogP) is 2.24. The number of hydrogen-bond acceptors (Lipinski definition) is 4. The molecule has 0 aromatic heterocycles. The summed E-state index contributed by atoms with van der Waals surface area (Å²) >= 11 is 0. The summed E-state index contributed by atoms with van der Waals surface area (Å²) < 4.78 is 17.4. The van der Waals surface area contributed by atoms with E-state index in [2.05, 4.69) is 4.74 Å². The molecular formula is C15H17FO4. The van der Waals surface area contributed by atoms with Gasteiger partial charge in [-0.2, -0.15) is 0 Å². The van der Waals surface area contributed by atoms with Gasteiger partial charge in [-0.3, -0.25) is 9.59 Å². The van der Waals surface area contributed by atoms with Gasteiger partial charge < -0.3 is 4.74 Å². The van der Waals surface area contributed by atoms with Crippen molar-refractivity contribution in [1.82, 2.24) is 0 Å². The van der Waals surface area contributed by atoms with E-state index in [4.69, 9.17) is 0 Å². The normalized spacial score (nSPS) is 10.1. The first-order valence-electron chi connectivity index (χ1n) is 6.49. The summed E-state index contributed by atoms with van der Waals surface area (Å²) in [6, 6.07) is 6.15. The highest BCUT2D eigenvalue weighted by Gasteiger charge is 2.18. The van der Waals surface area contributed by atoms with E-state index < -0.39 is 18.2 Å². The third-order valence-corrected chi connectivity index (χ3v) is 2.67. The molecule has 5 heteroatoms. The lowest BCUT2D eigenvalue weighted by Gasteiger charge is -2.02. The Balaban J connectivity index is 2.30. The standard InChI is InChI=1S/C15H17FO4/c1-2-20-15(19)14(18)10-13(17)8-4-6-11-5-3-7-12(16)9-11/h3,5,7,9H,2,4,6,8,10H2,1H3. The molecule has 1 aromatic rings. The summed E-state index contributed by atoms with van der Waals surface area (Å²) in [7, 11) is 0. The van der Waals surface area contributed by atoms with Crippen LogP contribution in [-0.2, 0) is 25.5 Å². The van der Waals surface area contributed by atoms with Crippen molar-refractivity contribution in [2.75, 3.05) is 6.61 Å². The van der Waals surface area contributed by atoms with Crippen molar-refractivity contribution >= 4 is 17.5 Å². The van der Waals surface area contributed by atoms with Gasteiger partial charge in [0, 0.05) is 6.42 Å². The van der Waals surface area contributed by atoms with E-state index in [1.807, 2.05) is 0 Å². The highest BCUT2D eigenvalue weighted by atomic mass is 19.1. The maximum absolute atomic E-state index is 12.9. The van der Waals surface area contributed by atoms with E-state index in [0.717, 1.165) is 5.56 Å². The minimum Gasteiger partial charge on any atom is -0.460 e. The van der Waals surface area contributed by atoms with Crippen LogP contribution in [0.3, 0.4) is 0 Å². The molecule has 1 aromatic carbocycles. The summed E-state index contributed by atoms with van der Waals surface area (Å²) in [5.74, 6) is -2.40. The number of Topliss-reactive ketones (excluding diaryl/α,β-unsaturated/α-hetero) is 2. The monoisotopic (exact) mass is 280 g/mol. The number of benzene rings is 1. The van der Waals surface area contributed by atoms with Crippen LogP contribution in [-0.4, -0.2) is 24.1 Å². The molecule has 20 heavy (non-hydrogen) atoms. The minimum absolute atomic E-state index is 0.109. The van der Waals surface area contributed by atoms with Gasteiger partial charge in [-0.1, -0.05) is 12.1 Å². The molecule has 0 fully saturated rings. The molecule has 0 saturated carbocycles.